The van der Waals surface area contributed by atoms with Crippen LogP contribution in [0.5, 0.6) is 0 Å². The SMILES string of the molecule is Cc1cccc2c(Br)nc(C(C)C)n12. The monoisotopic (exact) mass is 252 g/mol. The molecule has 0 aliphatic carbocycles. The molecule has 0 fully saturated rings. The molecule has 0 unspecified atom stereocenters. The molecule has 0 aliphatic heterocycles. The number of halogens is 1. The number of hydrogen-bond donors (Lipinski definition) is 0. The van der Waals surface area contributed by atoms with Crippen LogP contribution < -0.4 is 0 Å². The van der Waals surface area contributed by atoms with E-state index in [1.807, 2.05) is 0 Å². The van der Waals surface area contributed by atoms with Crippen LogP contribution in [0.2, 0.25) is 0 Å². The van der Waals surface area contributed by atoms with Crippen molar-refractivity contribution in [2.24, 2.45) is 0 Å². The summed E-state index contributed by atoms with van der Waals surface area (Å²) in [5.41, 5.74) is 2.37. The number of aryl methyl sites for hydroxylation is 1. The van der Waals surface area contributed by atoms with Gasteiger partial charge in [-0.25, -0.2) is 4.98 Å². The normalized spacial score (nSPS) is 11.5. The molecule has 2 aromatic heterocycles. The van der Waals surface area contributed by atoms with E-state index in [9.17, 15) is 0 Å². The first-order chi connectivity index (χ1) is 6.61. The maximum absolute atomic E-state index is 4.53. The average molecular weight is 253 g/mol. The van der Waals surface area contributed by atoms with Gasteiger partial charge in [0.25, 0.3) is 0 Å². The van der Waals surface area contributed by atoms with Crippen LogP contribution in [-0.4, -0.2) is 9.38 Å². The summed E-state index contributed by atoms with van der Waals surface area (Å²) in [5, 5.41) is 0. The number of hydrogen-bond acceptors (Lipinski definition) is 1. The van der Waals surface area contributed by atoms with E-state index in [4.69, 9.17) is 0 Å². The second-order valence-electron chi connectivity index (χ2n) is 3.80. The molecule has 0 radical (unpaired) electrons. The van der Waals surface area contributed by atoms with Crippen molar-refractivity contribution in [3.63, 3.8) is 0 Å². The van der Waals surface area contributed by atoms with E-state index >= 15 is 0 Å². The van der Waals surface area contributed by atoms with E-state index in [1.54, 1.807) is 0 Å². The zero-order valence-electron chi connectivity index (χ0n) is 8.58. The molecule has 0 amide bonds. The van der Waals surface area contributed by atoms with E-state index in [2.05, 4.69) is 64.3 Å². The van der Waals surface area contributed by atoms with Gasteiger partial charge in [-0.2, -0.15) is 0 Å². The summed E-state index contributed by atoms with van der Waals surface area (Å²) in [4.78, 5) is 4.53. The van der Waals surface area contributed by atoms with Crippen LogP contribution in [0.15, 0.2) is 22.8 Å². The Hall–Kier alpha value is -0.830. The van der Waals surface area contributed by atoms with Gasteiger partial charge < -0.3 is 0 Å². The highest BCUT2D eigenvalue weighted by Crippen LogP contribution is 2.24. The molecular weight excluding hydrogens is 240 g/mol. The molecule has 3 heteroatoms. The Labute approximate surface area is 92.1 Å². The molecule has 14 heavy (non-hydrogen) atoms. The molecule has 0 spiro atoms. The molecule has 2 rings (SSSR count). The predicted octanol–water partition coefficient (Wildman–Crippen LogP) is 3.53. The predicted molar refractivity (Wildman–Crippen MR) is 61.7 cm³/mol. The fourth-order valence-electron chi connectivity index (χ4n) is 1.68. The number of imidazole rings is 1. The lowest BCUT2D eigenvalue weighted by Gasteiger charge is -2.06. The minimum Gasteiger partial charge on any atom is -0.300 e. The fourth-order valence-corrected chi connectivity index (χ4v) is 2.17. The van der Waals surface area contributed by atoms with Crippen LogP contribution >= 0.6 is 15.9 Å². The first kappa shape index (κ1) is 9.71. The Morgan fingerprint density at radius 1 is 1.36 bits per heavy atom. The summed E-state index contributed by atoms with van der Waals surface area (Å²) >= 11 is 3.49. The van der Waals surface area contributed by atoms with Gasteiger partial charge in [-0.05, 0) is 35.0 Å². The van der Waals surface area contributed by atoms with Gasteiger partial charge in [0, 0.05) is 11.6 Å². The van der Waals surface area contributed by atoms with E-state index in [0.717, 1.165) is 15.9 Å². The fraction of sp³-hybridized carbons (Fsp3) is 0.364. The van der Waals surface area contributed by atoms with Gasteiger partial charge in [-0.3, -0.25) is 4.40 Å². The highest BCUT2D eigenvalue weighted by molar-refractivity contribution is 9.10. The third kappa shape index (κ3) is 1.36. The zero-order valence-corrected chi connectivity index (χ0v) is 10.2. The van der Waals surface area contributed by atoms with Crippen molar-refractivity contribution in [3.05, 3.63) is 34.3 Å². The largest absolute Gasteiger partial charge is 0.300 e. The smallest absolute Gasteiger partial charge is 0.132 e. The molecule has 0 atom stereocenters. The molecule has 74 valence electrons. The van der Waals surface area contributed by atoms with Crippen molar-refractivity contribution in [2.45, 2.75) is 26.7 Å². The molecule has 0 aliphatic rings. The Morgan fingerprint density at radius 3 is 2.71 bits per heavy atom. The maximum atomic E-state index is 4.53. The van der Waals surface area contributed by atoms with Gasteiger partial charge in [0.15, 0.2) is 0 Å². The number of nitrogens with zero attached hydrogens (tertiary/aromatic N) is 2. The number of pyridine rings is 1. The molecular formula is C11H13BrN2. The molecule has 0 bridgehead atoms. The van der Waals surface area contributed by atoms with Crippen LogP contribution in [0, 0.1) is 6.92 Å². The highest BCUT2D eigenvalue weighted by atomic mass is 79.9. The van der Waals surface area contributed by atoms with Crippen molar-refractivity contribution in [2.75, 3.05) is 0 Å². The quantitative estimate of drug-likeness (QED) is 0.759. The minimum absolute atomic E-state index is 0.440. The summed E-state index contributed by atoms with van der Waals surface area (Å²) in [6.45, 7) is 6.42. The summed E-state index contributed by atoms with van der Waals surface area (Å²) < 4.78 is 3.14. The third-order valence-electron chi connectivity index (χ3n) is 2.35. The van der Waals surface area contributed by atoms with Crippen LogP contribution in [-0.2, 0) is 0 Å². The maximum Gasteiger partial charge on any atom is 0.132 e. The van der Waals surface area contributed by atoms with Crippen molar-refractivity contribution < 1.29 is 0 Å². The molecule has 0 saturated heterocycles. The van der Waals surface area contributed by atoms with Gasteiger partial charge in [-0.15, -0.1) is 0 Å². The van der Waals surface area contributed by atoms with Gasteiger partial charge >= 0.3 is 0 Å². The van der Waals surface area contributed by atoms with Crippen LogP contribution in [0.4, 0.5) is 0 Å². The Kier molecular flexibility index (Phi) is 2.35. The number of fused-ring (bicyclic) bond motifs is 1. The lowest BCUT2D eigenvalue weighted by atomic mass is 10.2. The van der Waals surface area contributed by atoms with Gasteiger partial charge in [0.2, 0.25) is 0 Å². The Balaban J connectivity index is 2.86. The van der Waals surface area contributed by atoms with E-state index in [-0.39, 0.29) is 0 Å². The molecule has 2 aromatic rings. The van der Waals surface area contributed by atoms with E-state index in [1.165, 1.54) is 5.69 Å². The molecule has 2 nitrogen and oxygen atoms in total. The van der Waals surface area contributed by atoms with Crippen LogP contribution in [0.25, 0.3) is 5.52 Å². The second-order valence-corrected chi connectivity index (χ2v) is 4.55. The summed E-state index contributed by atoms with van der Waals surface area (Å²) in [6.07, 6.45) is 0. The summed E-state index contributed by atoms with van der Waals surface area (Å²) in [6, 6.07) is 6.24. The molecule has 0 N–H and O–H groups in total. The third-order valence-corrected chi connectivity index (χ3v) is 2.94. The van der Waals surface area contributed by atoms with E-state index < -0.39 is 0 Å². The Bertz CT molecular complexity index is 471. The van der Waals surface area contributed by atoms with Crippen molar-refractivity contribution in [3.8, 4) is 0 Å². The highest BCUT2D eigenvalue weighted by Gasteiger charge is 2.12. The first-order valence-electron chi connectivity index (χ1n) is 4.74. The van der Waals surface area contributed by atoms with E-state index in [0.29, 0.717) is 5.92 Å². The second kappa shape index (κ2) is 3.39. The van der Waals surface area contributed by atoms with Crippen molar-refractivity contribution in [1.29, 1.82) is 0 Å². The Morgan fingerprint density at radius 2 is 2.07 bits per heavy atom. The summed E-state index contributed by atoms with van der Waals surface area (Å²) in [7, 11) is 0. The number of aromatic nitrogens is 2. The molecule has 2 heterocycles. The molecule has 0 saturated carbocycles. The zero-order chi connectivity index (χ0) is 10.3. The topological polar surface area (TPSA) is 17.3 Å². The van der Waals surface area contributed by atoms with Crippen molar-refractivity contribution >= 4 is 21.4 Å². The van der Waals surface area contributed by atoms with Crippen LogP contribution in [0.1, 0.15) is 31.3 Å². The standard InChI is InChI=1S/C11H13BrN2/c1-7(2)11-13-10(12)9-6-4-5-8(3)14(9)11/h4-7H,1-3H3. The van der Waals surface area contributed by atoms with Crippen molar-refractivity contribution in [1.82, 2.24) is 9.38 Å². The lowest BCUT2D eigenvalue weighted by molar-refractivity contribution is 0.761. The van der Waals surface area contributed by atoms with Crippen LogP contribution in [0.3, 0.4) is 0 Å². The van der Waals surface area contributed by atoms with Gasteiger partial charge in [0.05, 0.1) is 5.52 Å². The van der Waals surface area contributed by atoms with Gasteiger partial charge in [0.1, 0.15) is 10.4 Å². The lowest BCUT2D eigenvalue weighted by Crippen LogP contribution is -1.99. The van der Waals surface area contributed by atoms with Gasteiger partial charge in [-0.1, -0.05) is 19.9 Å². The summed E-state index contributed by atoms with van der Waals surface area (Å²) in [5.74, 6) is 1.56. The average Bonchev–Trinajstić information content (AvgIpc) is 2.46. The number of rotatable bonds is 1. The first-order valence-corrected chi connectivity index (χ1v) is 5.54. The minimum atomic E-state index is 0.440. The molecule has 0 aromatic carbocycles.